The zero-order valence-electron chi connectivity index (χ0n) is 25.9. The maximum Gasteiger partial charge on any atom is 0.235 e. The molecule has 3 aliphatic heterocycles. The Labute approximate surface area is 252 Å². The largest absolute Gasteiger partial charge is 0.504 e. The number of methoxy groups -OCH3 is 1. The molecule has 9 nitrogen and oxygen atoms in total. The molecule has 5 aliphatic rings. The number of benzene rings is 1. The first-order chi connectivity index (χ1) is 20.3. The Morgan fingerprint density at radius 1 is 1.05 bits per heavy atom. The molecule has 2 aliphatic carbocycles. The molecule has 4 N–H and O–H groups in total. The van der Waals surface area contributed by atoms with Crippen molar-refractivity contribution in [3.8, 4) is 17.2 Å². The Balaban J connectivity index is 1.62. The lowest BCUT2D eigenvalue weighted by Crippen LogP contribution is -2.56. The van der Waals surface area contributed by atoms with Crippen LogP contribution in [0.15, 0.2) is 23.3 Å². The van der Waals surface area contributed by atoms with Gasteiger partial charge in [0.1, 0.15) is 11.5 Å². The van der Waals surface area contributed by atoms with Gasteiger partial charge in [-0.15, -0.1) is 0 Å². The predicted octanol–water partition coefficient (Wildman–Crippen LogP) is 4.37. The number of ketones is 2. The lowest BCUT2D eigenvalue weighted by Gasteiger charge is -2.47. The van der Waals surface area contributed by atoms with Gasteiger partial charge in [0.05, 0.1) is 31.2 Å². The molecule has 2 bridgehead atoms. The summed E-state index contributed by atoms with van der Waals surface area (Å²) in [5.41, 5.74) is 1.63. The van der Waals surface area contributed by atoms with Crippen molar-refractivity contribution in [1.29, 1.82) is 0 Å². The first-order valence-electron chi connectivity index (χ1n) is 15.5. The highest BCUT2D eigenvalue weighted by Crippen LogP contribution is 2.67. The third kappa shape index (κ3) is 3.93. The molecule has 6 rings (SSSR count). The molecule has 2 saturated heterocycles. The highest BCUT2D eigenvalue weighted by atomic mass is 16.5. The fourth-order valence-electron chi connectivity index (χ4n) is 9.08. The molecule has 1 amide bonds. The van der Waals surface area contributed by atoms with Crippen molar-refractivity contribution in [3.05, 3.63) is 40.0 Å². The normalized spacial score (nSPS) is 39.7. The second kappa shape index (κ2) is 10.2. The Morgan fingerprint density at radius 3 is 2.37 bits per heavy atom. The molecule has 2 fully saturated rings. The number of allylic oxidation sites excluding steroid dienone is 4. The summed E-state index contributed by atoms with van der Waals surface area (Å²) < 4.78 is 11.7. The van der Waals surface area contributed by atoms with Crippen molar-refractivity contribution in [3.63, 3.8) is 0 Å². The summed E-state index contributed by atoms with van der Waals surface area (Å²) in [6.07, 6.45) is 1.95. The third-order valence-corrected chi connectivity index (χ3v) is 11.1. The van der Waals surface area contributed by atoms with Crippen LogP contribution in [0.1, 0.15) is 82.8 Å². The number of fused-ring (bicyclic) bond motifs is 8. The third-order valence-electron chi connectivity index (χ3n) is 11.1. The van der Waals surface area contributed by atoms with Gasteiger partial charge in [0.25, 0.3) is 0 Å². The second-order valence-electron chi connectivity index (χ2n) is 13.9. The number of rotatable bonds is 3. The smallest absolute Gasteiger partial charge is 0.235 e. The van der Waals surface area contributed by atoms with Gasteiger partial charge in [-0.3, -0.25) is 14.4 Å². The molecule has 1 aromatic carbocycles. The van der Waals surface area contributed by atoms with Crippen molar-refractivity contribution >= 4 is 17.5 Å². The standard InChI is InChI=1S/C34H43NO8/c1-13(2)10-19-25-16(5)15(4)12-18-11-14(3)8-9-20(36)27(38)23-24(32(40)34(18,25)33(41)35-19)30-22-21(29(23)43-30)17(6)26(37)31(42-7)28(22)39/h11-13,16,18-20,23-25,29-30,36-37,39H,8-10H2,1-7H3,(H,35,41)/b14-11+/t16-,18+,19+,20-,23-,24+,25+,29-,30+,34+/m1/s1. The van der Waals surface area contributed by atoms with Crippen molar-refractivity contribution in [2.24, 2.45) is 40.9 Å². The van der Waals surface area contributed by atoms with Gasteiger partial charge in [-0.25, -0.2) is 0 Å². The quantitative estimate of drug-likeness (QED) is 0.299. The Hall–Kier alpha value is -3.17. The summed E-state index contributed by atoms with van der Waals surface area (Å²) in [5, 5.41) is 36.5. The molecule has 0 unspecified atom stereocenters. The molecule has 0 saturated carbocycles. The second-order valence-corrected chi connectivity index (χ2v) is 13.9. The highest BCUT2D eigenvalue weighted by Gasteiger charge is 2.71. The number of hydrogen-bond acceptors (Lipinski definition) is 8. The van der Waals surface area contributed by atoms with Crippen LogP contribution in [-0.4, -0.2) is 52.0 Å². The summed E-state index contributed by atoms with van der Waals surface area (Å²) in [4.78, 5) is 44.0. The molecule has 10 atom stereocenters. The van der Waals surface area contributed by atoms with Crippen LogP contribution in [0.4, 0.5) is 0 Å². The number of aromatic hydroxyl groups is 2. The summed E-state index contributed by atoms with van der Waals surface area (Å²) in [7, 11) is 1.33. The van der Waals surface area contributed by atoms with E-state index in [0.29, 0.717) is 29.5 Å². The minimum absolute atomic E-state index is 0.0824. The molecule has 0 radical (unpaired) electrons. The van der Waals surface area contributed by atoms with Crippen LogP contribution in [0.5, 0.6) is 17.2 Å². The zero-order chi connectivity index (χ0) is 31.3. The van der Waals surface area contributed by atoms with Crippen LogP contribution in [0.25, 0.3) is 0 Å². The van der Waals surface area contributed by atoms with Crippen LogP contribution in [0.3, 0.4) is 0 Å². The van der Waals surface area contributed by atoms with E-state index in [9.17, 15) is 24.9 Å². The number of aliphatic hydroxyl groups is 1. The van der Waals surface area contributed by atoms with Crippen LogP contribution < -0.4 is 10.1 Å². The minimum Gasteiger partial charge on any atom is -0.504 e. The van der Waals surface area contributed by atoms with Gasteiger partial charge in [-0.2, -0.15) is 0 Å². The zero-order valence-corrected chi connectivity index (χ0v) is 25.9. The summed E-state index contributed by atoms with van der Waals surface area (Å²) in [6.45, 7) is 11.9. The molecule has 9 heteroatoms. The number of carbonyl (C=O) groups excluding carboxylic acids is 3. The number of Topliss-reactive ketones (excluding diaryl/α,β-unsaturated/α-hetero) is 2. The maximum absolute atomic E-state index is 15.5. The molecule has 3 heterocycles. The van der Waals surface area contributed by atoms with Gasteiger partial charge in [-0.05, 0) is 57.4 Å². The van der Waals surface area contributed by atoms with Crippen LogP contribution in [-0.2, 0) is 19.1 Å². The van der Waals surface area contributed by atoms with Gasteiger partial charge in [0, 0.05) is 29.0 Å². The lowest BCUT2D eigenvalue weighted by atomic mass is 9.51. The Kier molecular flexibility index (Phi) is 7.08. The molecular formula is C34H43NO8. The van der Waals surface area contributed by atoms with E-state index in [-0.39, 0.29) is 59.2 Å². The van der Waals surface area contributed by atoms with Crippen molar-refractivity contribution < 1.29 is 39.2 Å². The number of phenolic OH excluding ortho intramolecular Hbond substituents is 2. The van der Waals surface area contributed by atoms with Gasteiger partial charge < -0.3 is 30.1 Å². The van der Waals surface area contributed by atoms with E-state index >= 15 is 4.79 Å². The van der Waals surface area contributed by atoms with Crippen LogP contribution >= 0.6 is 0 Å². The van der Waals surface area contributed by atoms with E-state index in [0.717, 1.165) is 11.1 Å². The SMILES string of the molecule is COc1c(O)c(C)c2c(c1O)[C@@H]1O[C@H]2[C@H]2C(=O)[C@H](O)CC/C(C)=C/[C@H]3C=C(C)[C@@H](C)[C@H]4[C@H](CC(C)C)NC(=O)[C@]43C(=O)[C@@H]21. The van der Waals surface area contributed by atoms with Gasteiger partial charge >= 0.3 is 0 Å². The van der Waals surface area contributed by atoms with E-state index < -0.39 is 47.3 Å². The monoisotopic (exact) mass is 593 g/mol. The molecule has 1 spiro atoms. The average Bonchev–Trinajstić information content (AvgIpc) is 3.60. The van der Waals surface area contributed by atoms with Crippen molar-refractivity contribution in [2.75, 3.05) is 7.11 Å². The molecular weight excluding hydrogens is 550 g/mol. The summed E-state index contributed by atoms with van der Waals surface area (Å²) in [5.74, 6) is -4.92. The van der Waals surface area contributed by atoms with Crippen molar-refractivity contribution in [1.82, 2.24) is 5.32 Å². The number of ether oxygens (including phenoxy) is 2. The number of phenols is 2. The maximum atomic E-state index is 15.5. The summed E-state index contributed by atoms with van der Waals surface area (Å²) in [6, 6.07) is -0.240. The highest BCUT2D eigenvalue weighted by molar-refractivity contribution is 6.12. The topological polar surface area (TPSA) is 142 Å². The van der Waals surface area contributed by atoms with E-state index in [4.69, 9.17) is 9.47 Å². The van der Waals surface area contributed by atoms with Gasteiger partial charge in [0.15, 0.2) is 23.1 Å². The van der Waals surface area contributed by atoms with Crippen molar-refractivity contribution in [2.45, 2.75) is 85.2 Å². The lowest BCUT2D eigenvalue weighted by molar-refractivity contribution is -0.152. The first kappa shape index (κ1) is 29.9. The molecule has 1 aromatic rings. The number of amides is 1. The van der Waals surface area contributed by atoms with Crippen LogP contribution in [0.2, 0.25) is 0 Å². The molecule has 0 aromatic heterocycles. The van der Waals surface area contributed by atoms with Crippen LogP contribution in [0, 0.1) is 47.8 Å². The average molecular weight is 594 g/mol. The first-order valence-corrected chi connectivity index (χ1v) is 15.5. The Bertz CT molecular complexity index is 1480. The number of hydrogen-bond donors (Lipinski definition) is 4. The van der Waals surface area contributed by atoms with E-state index in [1.807, 2.05) is 19.1 Å². The Morgan fingerprint density at radius 2 is 1.72 bits per heavy atom. The number of carbonyl (C=O) groups is 3. The number of nitrogens with one attached hydrogen (secondary N) is 1. The van der Waals surface area contributed by atoms with E-state index in [1.165, 1.54) is 7.11 Å². The molecule has 232 valence electrons. The minimum atomic E-state index is -1.50. The van der Waals surface area contributed by atoms with Gasteiger partial charge in [0.2, 0.25) is 11.7 Å². The molecule has 43 heavy (non-hydrogen) atoms. The number of aliphatic hydroxyl groups excluding tert-OH is 1. The fraction of sp³-hybridized carbons (Fsp3) is 0.618. The predicted molar refractivity (Wildman–Crippen MR) is 157 cm³/mol. The fourth-order valence-corrected chi connectivity index (χ4v) is 9.08. The summed E-state index contributed by atoms with van der Waals surface area (Å²) >= 11 is 0. The van der Waals surface area contributed by atoms with E-state index in [2.05, 4.69) is 33.0 Å². The van der Waals surface area contributed by atoms with E-state index in [1.54, 1.807) is 6.92 Å². The van der Waals surface area contributed by atoms with Gasteiger partial charge in [-0.1, -0.05) is 44.1 Å².